The fourth-order valence-corrected chi connectivity index (χ4v) is 3.22. The molecule has 0 aliphatic carbocycles. The molecule has 1 aromatic carbocycles. The van der Waals surface area contributed by atoms with Crippen LogP contribution in [0.4, 0.5) is 0 Å². The number of hydrogen-bond acceptors (Lipinski definition) is 2. The van der Waals surface area contributed by atoms with E-state index in [1.807, 2.05) is 6.07 Å². The predicted molar refractivity (Wildman–Crippen MR) is 82.6 cm³/mol. The number of hydrogen-bond donors (Lipinski definition) is 1. The lowest BCUT2D eigenvalue weighted by molar-refractivity contribution is 0.0702. The van der Waals surface area contributed by atoms with E-state index in [1.54, 1.807) is 6.07 Å². The van der Waals surface area contributed by atoms with Gasteiger partial charge in [-0.2, -0.15) is 0 Å². The molecule has 0 radical (unpaired) electrons. The number of aromatic carboxylic acids is 1. The molecule has 0 spiro atoms. The van der Waals surface area contributed by atoms with Crippen LogP contribution in [0.15, 0.2) is 42.6 Å². The first-order chi connectivity index (χ1) is 9.56. The van der Waals surface area contributed by atoms with Crippen molar-refractivity contribution < 1.29 is 9.90 Å². The first kappa shape index (κ1) is 12.9. The molecule has 2 aromatic heterocycles. The van der Waals surface area contributed by atoms with Gasteiger partial charge in [-0.15, -0.1) is 11.3 Å². The standard InChI is InChI=1S/C16H15NO2S/c1-10(2)17-8-7-11-9-12(3-4-13(11)17)14-5-6-15(20-14)16(18)19/h3-10H,1-2H3,(H,18,19). The number of aromatic nitrogens is 1. The van der Waals surface area contributed by atoms with Crippen molar-refractivity contribution in [2.75, 3.05) is 0 Å². The highest BCUT2D eigenvalue weighted by molar-refractivity contribution is 7.17. The summed E-state index contributed by atoms with van der Waals surface area (Å²) in [5.74, 6) is -0.867. The third-order valence-corrected chi connectivity index (χ3v) is 4.50. The molecular formula is C16H15NO2S. The quantitative estimate of drug-likeness (QED) is 0.761. The summed E-state index contributed by atoms with van der Waals surface area (Å²) in [4.78, 5) is 12.3. The normalized spacial score (nSPS) is 11.3. The average molecular weight is 285 g/mol. The smallest absolute Gasteiger partial charge is 0.345 e. The van der Waals surface area contributed by atoms with Gasteiger partial charge in [0.25, 0.3) is 0 Å². The number of carbonyl (C=O) groups is 1. The molecule has 0 saturated heterocycles. The predicted octanol–water partition coefficient (Wildman–Crippen LogP) is 4.65. The largest absolute Gasteiger partial charge is 0.477 e. The van der Waals surface area contributed by atoms with Gasteiger partial charge in [0.05, 0.1) is 0 Å². The van der Waals surface area contributed by atoms with Gasteiger partial charge in [-0.05, 0) is 49.7 Å². The van der Waals surface area contributed by atoms with Gasteiger partial charge in [-0.25, -0.2) is 4.79 Å². The van der Waals surface area contributed by atoms with Crippen LogP contribution >= 0.6 is 11.3 Å². The summed E-state index contributed by atoms with van der Waals surface area (Å²) in [5.41, 5.74) is 2.27. The molecule has 102 valence electrons. The van der Waals surface area contributed by atoms with Crippen LogP contribution in [-0.4, -0.2) is 15.6 Å². The Labute approximate surface area is 121 Å². The second kappa shape index (κ2) is 4.80. The maximum absolute atomic E-state index is 10.9. The van der Waals surface area contributed by atoms with Crippen LogP contribution in [-0.2, 0) is 0 Å². The molecule has 1 N–H and O–H groups in total. The van der Waals surface area contributed by atoms with E-state index in [0.29, 0.717) is 10.9 Å². The Hall–Kier alpha value is -2.07. The summed E-state index contributed by atoms with van der Waals surface area (Å²) >= 11 is 1.31. The van der Waals surface area contributed by atoms with Crippen molar-refractivity contribution in [1.82, 2.24) is 4.57 Å². The van der Waals surface area contributed by atoms with Gasteiger partial charge in [-0.1, -0.05) is 6.07 Å². The highest BCUT2D eigenvalue weighted by atomic mass is 32.1. The lowest BCUT2D eigenvalue weighted by Crippen LogP contribution is -1.97. The van der Waals surface area contributed by atoms with Crippen molar-refractivity contribution in [3.63, 3.8) is 0 Å². The Balaban J connectivity index is 2.06. The summed E-state index contributed by atoms with van der Waals surface area (Å²) in [6.45, 7) is 4.32. The minimum absolute atomic E-state index is 0.375. The van der Waals surface area contributed by atoms with Crippen molar-refractivity contribution in [2.24, 2.45) is 0 Å². The van der Waals surface area contributed by atoms with Crippen molar-refractivity contribution in [1.29, 1.82) is 0 Å². The number of thiophene rings is 1. The average Bonchev–Trinajstić information content (AvgIpc) is 3.04. The molecule has 20 heavy (non-hydrogen) atoms. The van der Waals surface area contributed by atoms with Crippen molar-refractivity contribution >= 4 is 28.2 Å². The number of fused-ring (bicyclic) bond motifs is 1. The van der Waals surface area contributed by atoms with E-state index < -0.39 is 5.97 Å². The lowest BCUT2D eigenvalue weighted by Gasteiger charge is -2.09. The van der Waals surface area contributed by atoms with E-state index in [0.717, 1.165) is 10.4 Å². The Morgan fingerprint density at radius 2 is 2.00 bits per heavy atom. The number of carboxylic acid groups (broad SMARTS) is 1. The zero-order chi connectivity index (χ0) is 14.3. The maximum atomic E-state index is 10.9. The zero-order valence-corrected chi connectivity index (χ0v) is 12.1. The van der Waals surface area contributed by atoms with Crippen LogP contribution in [0.5, 0.6) is 0 Å². The molecule has 4 heteroatoms. The Kier molecular flexibility index (Phi) is 3.10. The van der Waals surface area contributed by atoms with Crippen LogP contribution < -0.4 is 0 Å². The minimum Gasteiger partial charge on any atom is -0.477 e. The molecule has 0 saturated carbocycles. The fraction of sp³-hybridized carbons (Fsp3) is 0.188. The Morgan fingerprint density at radius 1 is 1.20 bits per heavy atom. The third-order valence-electron chi connectivity index (χ3n) is 3.38. The van der Waals surface area contributed by atoms with E-state index >= 15 is 0 Å². The first-order valence-electron chi connectivity index (χ1n) is 6.50. The van der Waals surface area contributed by atoms with Gasteiger partial charge >= 0.3 is 5.97 Å². The molecule has 0 aliphatic heterocycles. The van der Waals surface area contributed by atoms with Crippen LogP contribution in [0, 0.1) is 0 Å². The molecule has 3 aromatic rings. The van der Waals surface area contributed by atoms with Crippen molar-refractivity contribution in [3.05, 3.63) is 47.5 Å². The molecule has 0 aliphatic rings. The van der Waals surface area contributed by atoms with Gasteiger partial charge in [0.2, 0.25) is 0 Å². The van der Waals surface area contributed by atoms with Crippen LogP contribution in [0.1, 0.15) is 29.6 Å². The SMILES string of the molecule is CC(C)n1ccc2cc(-c3ccc(C(=O)O)s3)ccc21. The number of rotatable bonds is 3. The summed E-state index contributed by atoms with van der Waals surface area (Å²) < 4.78 is 2.23. The van der Waals surface area contributed by atoms with Crippen LogP contribution in [0.2, 0.25) is 0 Å². The minimum atomic E-state index is -0.867. The number of nitrogens with zero attached hydrogens (tertiary/aromatic N) is 1. The second-order valence-electron chi connectivity index (χ2n) is 5.06. The van der Waals surface area contributed by atoms with Gasteiger partial charge < -0.3 is 9.67 Å². The Bertz CT molecular complexity index is 783. The van der Waals surface area contributed by atoms with Gasteiger partial charge in [0, 0.05) is 28.0 Å². The molecule has 0 amide bonds. The van der Waals surface area contributed by atoms with Gasteiger partial charge in [0.1, 0.15) is 4.88 Å². The molecule has 3 rings (SSSR count). The highest BCUT2D eigenvalue weighted by Gasteiger charge is 2.10. The summed E-state index contributed by atoms with van der Waals surface area (Å²) in [7, 11) is 0. The topological polar surface area (TPSA) is 42.2 Å². The van der Waals surface area contributed by atoms with E-state index in [-0.39, 0.29) is 0 Å². The fourth-order valence-electron chi connectivity index (χ4n) is 2.38. The molecule has 0 atom stereocenters. The zero-order valence-electron chi connectivity index (χ0n) is 11.3. The van der Waals surface area contributed by atoms with Crippen LogP contribution in [0.25, 0.3) is 21.3 Å². The maximum Gasteiger partial charge on any atom is 0.345 e. The molecule has 0 fully saturated rings. The van der Waals surface area contributed by atoms with E-state index in [1.165, 1.54) is 22.2 Å². The van der Waals surface area contributed by atoms with Crippen molar-refractivity contribution in [2.45, 2.75) is 19.9 Å². The van der Waals surface area contributed by atoms with Crippen molar-refractivity contribution in [3.8, 4) is 10.4 Å². The van der Waals surface area contributed by atoms with E-state index in [4.69, 9.17) is 5.11 Å². The third kappa shape index (κ3) is 2.12. The molecule has 3 nitrogen and oxygen atoms in total. The highest BCUT2D eigenvalue weighted by Crippen LogP contribution is 2.31. The molecule has 0 bridgehead atoms. The second-order valence-corrected chi connectivity index (χ2v) is 6.14. The number of carboxylic acids is 1. The number of benzene rings is 1. The Morgan fingerprint density at radius 3 is 2.65 bits per heavy atom. The van der Waals surface area contributed by atoms with Crippen LogP contribution in [0.3, 0.4) is 0 Å². The summed E-state index contributed by atoms with van der Waals surface area (Å²) in [6, 6.07) is 12.3. The van der Waals surface area contributed by atoms with Gasteiger partial charge in [0.15, 0.2) is 0 Å². The first-order valence-corrected chi connectivity index (χ1v) is 7.32. The van der Waals surface area contributed by atoms with Gasteiger partial charge in [-0.3, -0.25) is 0 Å². The summed E-state index contributed by atoms with van der Waals surface area (Å²) in [6.07, 6.45) is 2.09. The monoisotopic (exact) mass is 285 g/mol. The lowest BCUT2D eigenvalue weighted by atomic mass is 10.1. The van der Waals surface area contributed by atoms with E-state index in [2.05, 4.69) is 48.9 Å². The summed E-state index contributed by atoms with van der Waals surface area (Å²) in [5, 5.41) is 10.2. The molecule has 0 unspecified atom stereocenters. The van der Waals surface area contributed by atoms with E-state index in [9.17, 15) is 4.79 Å². The molecular weight excluding hydrogens is 270 g/mol. The molecule has 2 heterocycles.